The summed E-state index contributed by atoms with van der Waals surface area (Å²) in [5.74, 6) is 0. The van der Waals surface area contributed by atoms with E-state index in [1.165, 1.54) is 49.0 Å². The van der Waals surface area contributed by atoms with Gasteiger partial charge in [0.05, 0.1) is 11.1 Å². The summed E-state index contributed by atoms with van der Waals surface area (Å²) in [7, 11) is 0. The van der Waals surface area contributed by atoms with Crippen LogP contribution in [0.5, 0.6) is 0 Å². The van der Waals surface area contributed by atoms with Crippen LogP contribution in [-0.2, 0) is 0 Å². The molecule has 1 aliphatic rings. The van der Waals surface area contributed by atoms with E-state index in [0.29, 0.717) is 6.04 Å². The SMILES string of the molecule is CCCNC(/C1=C/CCCCCC1)c1scc(C)c1Cl. The number of thiophene rings is 1. The van der Waals surface area contributed by atoms with E-state index in [1.807, 2.05) is 0 Å². The highest BCUT2D eigenvalue weighted by molar-refractivity contribution is 7.10. The van der Waals surface area contributed by atoms with Crippen LogP contribution in [0.15, 0.2) is 17.0 Å². The van der Waals surface area contributed by atoms with Crippen LogP contribution >= 0.6 is 22.9 Å². The van der Waals surface area contributed by atoms with Gasteiger partial charge >= 0.3 is 0 Å². The van der Waals surface area contributed by atoms with Gasteiger partial charge in [0.1, 0.15) is 0 Å². The molecule has 0 amide bonds. The monoisotopic (exact) mass is 311 g/mol. The zero-order chi connectivity index (χ0) is 14.4. The molecule has 1 aromatic rings. The molecular weight excluding hydrogens is 286 g/mol. The van der Waals surface area contributed by atoms with Gasteiger partial charge in [-0.3, -0.25) is 0 Å². The molecule has 0 saturated heterocycles. The maximum atomic E-state index is 6.52. The smallest absolute Gasteiger partial charge is 0.0645 e. The molecule has 0 aliphatic heterocycles. The predicted molar refractivity (Wildman–Crippen MR) is 90.9 cm³/mol. The van der Waals surface area contributed by atoms with E-state index in [0.717, 1.165) is 18.0 Å². The van der Waals surface area contributed by atoms with Crippen LogP contribution in [0.25, 0.3) is 0 Å². The molecule has 112 valence electrons. The number of hydrogen-bond acceptors (Lipinski definition) is 2. The van der Waals surface area contributed by atoms with Gasteiger partial charge in [0.15, 0.2) is 0 Å². The van der Waals surface area contributed by atoms with E-state index in [2.05, 4.69) is 30.6 Å². The van der Waals surface area contributed by atoms with E-state index < -0.39 is 0 Å². The molecule has 0 fully saturated rings. The average molecular weight is 312 g/mol. The molecule has 0 saturated carbocycles. The highest BCUT2D eigenvalue weighted by Crippen LogP contribution is 2.38. The number of aryl methyl sites for hydroxylation is 1. The van der Waals surface area contributed by atoms with Crippen molar-refractivity contribution in [2.24, 2.45) is 0 Å². The Hall–Kier alpha value is -0.310. The number of hydrogen-bond donors (Lipinski definition) is 1. The first-order valence-corrected chi connectivity index (χ1v) is 9.15. The summed E-state index contributed by atoms with van der Waals surface area (Å²) in [6.07, 6.45) is 11.5. The van der Waals surface area contributed by atoms with E-state index in [1.54, 1.807) is 16.9 Å². The van der Waals surface area contributed by atoms with Gasteiger partial charge in [0, 0.05) is 4.88 Å². The van der Waals surface area contributed by atoms with E-state index >= 15 is 0 Å². The van der Waals surface area contributed by atoms with Crippen molar-refractivity contribution in [2.75, 3.05) is 6.54 Å². The largest absolute Gasteiger partial charge is 0.306 e. The lowest BCUT2D eigenvalue weighted by molar-refractivity contribution is 0.545. The zero-order valence-electron chi connectivity index (χ0n) is 12.7. The van der Waals surface area contributed by atoms with Crippen LogP contribution in [0.3, 0.4) is 0 Å². The van der Waals surface area contributed by atoms with Crippen LogP contribution in [0.2, 0.25) is 5.02 Å². The fourth-order valence-corrected chi connectivity index (χ4v) is 4.22. The first-order valence-electron chi connectivity index (χ1n) is 7.89. The first-order chi connectivity index (χ1) is 9.74. The molecule has 20 heavy (non-hydrogen) atoms. The van der Waals surface area contributed by atoms with Crippen LogP contribution < -0.4 is 5.32 Å². The van der Waals surface area contributed by atoms with Crippen LogP contribution in [0.4, 0.5) is 0 Å². The fraction of sp³-hybridized carbons (Fsp3) is 0.647. The van der Waals surface area contributed by atoms with Crippen LogP contribution in [0.1, 0.15) is 68.4 Å². The molecule has 0 aromatic carbocycles. The van der Waals surface area contributed by atoms with Crippen molar-refractivity contribution in [2.45, 2.75) is 64.8 Å². The summed E-state index contributed by atoms with van der Waals surface area (Å²) >= 11 is 8.32. The molecule has 1 N–H and O–H groups in total. The molecule has 0 radical (unpaired) electrons. The van der Waals surface area contributed by atoms with Crippen molar-refractivity contribution >= 4 is 22.9 Å². The van der Waals surface area contributed by atoms with E-state index in [-0.39, 0.29) is 0 Å². The van der Waals surface area contributed by atoms with Gasteiger partial charge in [-0.1, -0.05) is 43.0 Å². The Bertz CT molecular complexity index is 450. The van der Waals surface area contributed by atoms with Gasteiger partial charge in [-0.05, 0) is 56.5 Å². The van der Waals surface area contributed by atoms with Gasteiger partial charge in [0.2, 0.25) is 0 Å². The summed E-state index contributed by atoms with van der Waals surface area (Å²) < 4.78 is 0. The minimum Gasteiger partial charge on any atom is -0.306 e. The lowest BCUT2D eigenvalue weighted by Crippen LogP contribution is -2.24. The summed E-state index contributed by atoms with van der Waals surface area (Å²) in [5, 5.41) is 6.86. The van der Waals surface area contributed by atoms with E-state index in [9.17, 15) is 0 Å². The minimum atomic E-state index is 0.333. The van der Waals surface area contributed by atoms with Crippen molar-refractivity contribution in [1.29, 1.82) is 0 Å². The maximum absolute atomic E-state index is 6.52. The van der Waals surface area contributed by atoms with E-state index in [4.69, 9.17) is 11.6 Å². The highest BCUT2D eigenvalue weighted by atomic mass is 35.5. The number of allylic oxidation sites excluding steroid dienone is 1. The zero-order valence-corrected chi connectivity index (χ0v) is 14.2. The topological polar surface area (TPSA) is 12.0 Å². The van der Waals surface area contributed by atoms with Gasteiger partial charge in [-0.2, -0.15) is 0 Å². The van der Waals surface area contributed by atoms with Gasteiger partial charge < -0.3 is 5.32 Å². The molecule has 1 atom stereocenters. The van der Waals surface area contributed by atoms with Crippen LogP contribution in [-0.4, -0.2) is 6.54 Å². The predicted octanol–water partition coefficient (Wildman–Crippen LogP) is 6.03. The van der Waals surface area contributed by atoms with Crippen LogP contribution in [0, 0.1) is 6.92 Å². The van der Waals surface area contributed by atoms with Crippen molar-refractivity contribution in [3.8, 4) is 0 Å². The third-order valence-electron chi connectivity index (χ3n) is 3.98. The Kier molecular flexibility index (Phi) is 6.60. The standard InChI is InChI=1S/C17H26ClNS/c1-3-11-19-16(17-15(18)13(2)12-20-17)14-9-7-5-4-6-8-10-14/h9,12,16,19H,3-8,10-11H2,1-2H3/b14-9+. The van der Waals surface area contributed by atoms with Crippen molar-refractivity contribution in [3.63, 3.8) is 0 Å². The van der Waals surface area contributed by atoms with Crippen molar-refractivity contribution in [3.05, 3.63) is 32.5 Å². The maximum Gasteiger partial charge on any atom is 0.0645 e. The summed E-state index contributed by atoms with van der Waals surface area (Å²) in [6.45, 7) is 5.37. The molecule has 3 heteroatoms. The summed E-state index contributed by atoms with van der Waals surface area (Å²) in [5.41, 5.74) is 2.77. The second-order valence-corrected chi connectivity index (χ2v) is 7.01. The first kappa shape index (κ1) is 16.1. The molecule has 2 rings (SSSR count). The fourth-order valence-electron chi connectivity index (χ4n) is 2.80. The molecule has 1 unspecified atom stereocenters. The Morgan fingerprint density at radius 3 is 2.80 bits per heavy atom. The Morgan fingerprint density at radius 1 is 1.30 bits per heavy atom. The molecule has 1 aliphatic carbocycles. The lowest BCUT2D eigenvalue weighted by atomic mass is 9.94. The van der Waals surface area contributed by atoms with Crippen molar-refractivity contribution < 1.29 is 0 Å². The summed E-state index contributed by atoms with van der Waals surface area (Å²) in [4.78, 5) is 1.31. The summed E-state index contributed by atoms with van der Waals surface area (Å²) in [6, 6.07) is 0.333. The van der Waals surface area contributed by atoms with Gasteiger partial charge in [-0.15, -0.1) is 11.3 Å². The Labute approximate surface area is 132 Å². The Morgan fingerprint density at radius 2 is 2.10 bits per heavy atom. The minimum absolute atomic E-state index is 0.333. The lowest BCUT2D eigenvalue weighted by Gasteiger charge is -2.23. The quantitative estimate of drug-likeness (QED) is 0.654. The number of halogens is 1. The second kappa shape index (κ2) is 8.21. The average Bonchev–Trinajstić information content (AvgIpc) is 2.73. The highest BCUT2D eigenvalue weighted by Gasteiger charge is 2.21. The normalized spacial score (nSPS) is 20.9. The second-order valence-electron chi connectivity index (χ2n) is 5.72. The molecule has 1 heterocycles. The van der Waals surface area contributed by atoms with Gasteiger partial charge in [-0.25, -0.2) is 0 Å². The molecule has 0 spiro atoms. The van der Waals surface area contributed by atoms with Crippen molar-refractivity contribution in [1.82, 2.24) is 5.32 Å². The third kappa shape index (κ3) is 4.09. The number of nitrogens with one attached hydrogen (secondary N) is 1. The molecule has 1 nitrogen and oxygen atoms in total. The molecular formula is C17H26ClNS. The number of rotatable bonds is 5. The van der Waals surface area contributed by atoms with Gasteiger partial charge in [0.25, 0.3) is 0 Å². The molecule has 1 aromatic heterocycles. The third-order valence-corrected chi connectivity index (χ3v) is 5.76. The molecule has 0 bridgehead atoms. The Balaban J connectivity index is 2.23.